The highest BCUT2D eigenvalue weighted by molar-refractivity contribution is 5.70. The van der Waals surface area contributed by atoms with Crippen molar-refractivity contribution in [1.82, 2.24) is 14.7 Å². The fraction of sp³-hybridized carbons (Fsp3) is 0.524. The lowest BCUT2D eigenvalue weighted by molar-refractivity contribution is 0.312. The van der Waals surface area contributed by atoms with E-state index in [0.717, 1.165) is 44.6 Å². The zero-order chi connectivity index (χ0) is 19.8. The van der Waals surface area contributed by atoms with Gasteiger partial charge >= 0.3 is 0 Å². The van der Waals surface area contributed by atoms with Crippen molar-refractivity contribution in [3.8, 4) is 17.0 Å². The van der Waals surface area contributed by atoms with Crippen LogP contribution in [0.1, 0.15) is 18.4 Å². The molecule has 2 aliphatic rings. The zero-order valence-electron chi connectivity index (χ0n) is 16.7. The molecule has 0 unspecified atom stereocenters. The minimum Gasteiger partial charge on any atom is -0.494 e. The van der Waals surface area contributed by atoms with Crippen LogP contribution >= 0.6 is 0 Å². The average Bonchev–Trinajstić information content (AvgIpc) is 3.49. The molecule has 1 aromatic carbocycles. The Labute approximate surface area is 164 Å². The van der Waals surface area contributed by atoms with Crippen molar-refractivity contribution in [2.75, 3.05) is 45.2 Å². The number of ether oxygens (including phenoxy) is 1. The Morgan fingerprint density at radius 1 is 1.21 bits per heavy atom. The number of rotatable bonds is 5. The molecule has 1 aliphatic carbocycles. The lowest BCUT2D eigenvalue weighted by Crippen LogP contribution is -2.47. The van der Waals surface area contributed by atoms with Crippen LogP contribution in [0.2, 0.25) is 0 Å². The summed E-state index contributed by atoms with van der Waals surface area (Å²) in [6, 6.07) is 4.85. The fourth-order valence-corrected chi connectivity index (χ4v) is 3.80. The minimum absolute atomic E-state index is 0.0355. The maximum absolute atomic E-state index is 14.3. The first-order chi connectivity index (χ1) is 13.5. The molecule has 1 saturated heterocycles. The third kappa shape index (κ3) is 3.63. The van der Waals surface area contributed by atoms with E-state index < -0.39 is 5.82 Å². The van der Waals surface area contributed by atoms with Crippen molar-refractivity contribution in [2.45, 2.75) is 26.3 Å². The van der Waals surface area contributed by atoms with Gasteiger partial charge in [-0.15, -0.1) is 0 Å². The van der Waals surface area contributed by atoms with Gasteiger partial charge in [0, 0.05) is 43.9 Å². The van der Waals surface area contributed by atoms with Gasteiger partial charge in [-0.05, 0) is 50.9 Å². The Morgan fingerprint density at radius 3 is 2.54 bits per heavy atom. The minimum atomic E-state index is -0.428. The monoisotopic (exact) mass is 386 g/mol. The molecule has 0 bridgehead atoms. The average molecular weight is 386 g/mol. The van der Waals surface area contributed by atoms with Gasteiger partial charge in [-0.1, -0.05) is 0 Å². The highest BCUT2D eigenvalue weighted by Gasteiger charge is 2.27. The second-order valence-corrected chi connectivity index (χ2v) is 7.89. The van der Waals surface area contributed by atoms with E-state index >= 15 is 0 Å². The molecule has 1 aliphatic heterocycles. The van der Waals surface area contributed by atoms with Crippen LogP contribution in [0.5, 0.6) is 5.75 Å². The van der Waals surface area contributed by atoms with Gasteiger partial charge < -0.3 is 14.5 Å². The first-order valence-corrected chi connectivity index (χ1v) is 9.87. The SMILES string of the molecule is COc1ccc(-c2nn(CC3CC3)c(=O)c(N3CCN(C)CC3)c2C)cc1F. The van der Waals surface area contributed by atoms with Crippen LogP contribution in [0.4, 0.5) is 10.1 Å². The molecule has 4 rings (SSSR count). The smallest absolute Gasteiger partial charge is 0.290 e. The molecule has 0 amide bonds. The number of halogens is 1. The summed E-state index contributed by atoms with van der Waals surface area (Å²) >= 11 is 0. The topological polar surface area (TPSA) is 50.6 Å². The predicted molar refractivity (Wildman–Crippen MR) is 108 cm³/mol. The lowest BCUT2D eigenvalue weighted by atomic mass is 10.0. The summed E-state index contributed by atoms with van der Waals surface area (Å²) < 4.78 is 21.0. The summed E-state index contributed by atoms with van der Waals surface area (Å²) in [5.74, 6) is 0.294. The van der Waals surface area contributed by atoms with E-state index in [-0.39, 0.29) is 11.3 Å². The van der Waals surface area contributed by atoms with Crippen molar-refractivity contribution >= 4 is 5.69 Å². The highest BCUT2D eigenvalue weighted by Crippen LogP contribution is 2.32. The van der Waals surface area contributed by atoms with Crippen LogP contribution in [0.25, 0.3) is 11.3 Å². The van der Waals surface area contributed by atoms with Crippen molar-refractivity contribution in [1.29, 1.82) is 0 Å². The number of anilines is 1. The molecule has 0 spiro atoms. The summed E-state index contributed by atoms with van der Waals surface area (Å²) in [5, 5.41) is 4.65. The molecule has 2 aromatic rings. The Morgan fingerprint density at radius 2 is 1.93 bits per heavy atom. The Kier molecular flexibility index (Phi) is 5.10. The van der Waals surface area contributed by atoms with Crippen molar-refractivity contribution in [3.63, 3.8) is 0 Å². The first kappa shape index (κ1) is 18.9. The molecule has 0 atom stereocenters. The van der Waals surface area contributed by atoms with Crippen LogP contribution < -0.4 is 15.2 Å². The van der Waals surface area contributed by atoms with Crippen LogP contribution in [-0.4, -0.2) is 55.0 Å². The Balaban J connectivity index is 1.82. The second-order valence-electron chi connectivity index (χ2n) is 7.89. The van der Waals surface area contributed by atoms with E-state index in [0.29, 0.717) is 29.4 Å². The zero-order valence-corrected chi connectivity index (χ0v) is 16.7. The van der Waals surface area contributed by atoms with Gasteiger partial charge in [0.2, 0.25) is 0 Å². The number of benzene rings is 1. The van der Waals surface area contributed by atoms with Gasteiger partial charge in [0.15, 0.2) is 11.6 Å². The van der Waals surface area contributed by atoms with Crippen molar-refractivity contribution in [3.05, 3.63) is 39.9 Å². The summed E-state index contributed by atoms with van der Waals surface area (Å²) in [4.78, 5) is 17.7. The normalized spacial score (nSPS) is 17.8. The first-order valence-electron chi connectivity index (χ1n) is 9.87. The van der Waals surface area contributed by atoms with E-state index in [1.54, 1.807) is 16.8 Å². The molecule has 0 radical (unpaired) electrons. The van der Waals surface area contributed by atoms with Crippen LogP contribution in [0.3, 0.4) is 0 Å². The van der Waals surface area contributed by atoms with Gasteiger partial charge in [0.25, 0.3) is 5.56 Å². The molecule has 7 heteroatoms. The lowest BCUT2D eigenvalue weighted by Gasteiger charge is -2.34. The maximum Gasteiger partial charge on any atom is 0.290 e. The Bertz CT molecular complexity index is 931. The summed E-state index contributed by atoms with van der Waals surface area (Å²) in [7, 11) is 3.54. The molecule has 150 valence electrons. The van der Waals surface area contributed by atoms with E-state index in [1.807, 2.05) is 6.92 Å². The molecule has 1 aromatic heterocycles. The van der Waals surface area contributed by atoms with Gasteiger partial charge in [-0.25, -0.2) is 9.07 Å². The summed E-state index contributed by atoms with van der Waals surface area (Å²) in [6.07, 6.45) is 2.27. The number of piperazine rings is 1. The van der Waals surface area contributed by atoms with Gasteiger partial charge in [-0.3, -0.25) is 4.79 Å². The van der Waals surface area contributed by atoms with Gasteiger partial charge in [0.1, 0.15) is 5.69 Å². The number of nitrogens with zero attached hydrogens (tertiary/aromatic N) is 4. The number of hydrogen-bond acceptors (Lipinski definition) is 5. The predicted octanol–water partition coefficient (Wildman–Crippen LogP) is 2.53. The van der Waals surface area contributed by atoms with Gasteiger partial charge in [0.05, 0.1) is 12.8 Å². The standard InChI is InChI=1S/C21H27FN4O2/c1-14-19(16-6-7-18(28-3)17(22)12-16)23-26(13-15-4-5-15)21(27)20(14)25-10-8-24(2)9-11-25/h6-7,12,15H,4-5,8-11,13H2,1-3H3. The van der Waals surface area contributed by atoms with Crippen LogP contribution in [0, 0.1) is 18.7 Å². The van der Waals surface area contributed by atoms with E-state index in [9.17, 15) is 9.18 Å². The largest absolute Gasteiger partial charge is 0.494 e. The molecule has 2 heterocycles. The van der Waals surface area contributed by atoms with E-state index in [4.69, 9.17) is 4.74 Å². The second kappa shape index (κ2) is 7.54. The number of aromatic nitrogens is 2. The van der Waals surface area contributed by atoms with E-state index in [1.165, 1.54) is 13.2 Å². The van der Waals surface area contributed by atoms with Crippen molar-refractivity contribution < 1.29 is 9.13 Å². The summed E-state index contributed by atoms with van der Waals surface area (Å²) in [6.45, 7) is 5.98. The molecule has 28 heavy (non-hydrogen) atoms. The van der Waals surface area contributed by atoms with Crippen LogP contribution in [-0.2, 0) is 6.54 Å². The highest BCUT2D eigenvalue weighted by atomic mass is 19.1. The third-order valence-corrected chi connectivity index (χ3v) is 5.74. The molecule has 2 fully saturated rings. The van der Waals surface area contributed by atoms with E-state index in [2.05, 4.69) is 21.9 Å². The van der Waals surface area contributed by atoms with Gasteiger partial charge in [-0.2, -0.15) is 5.10 Å². The molecular formula is C21H27FN4O2. The summed E-state index contributed by atoms with van der Waals surface area (Å²) in [5.41, 5.74) is 2.80. The molecule has 1 saturated carbocycles. The van der Waals surface area contributed by atoms with Crippen molar-refractivity contribution in [2.24, 2.45) is 5.92 Å². The molecular weight excluding hydrogens is 359 g/mol. The molecule has 6 nitrogen and oxygen atoms in total. The Hall–Kier alpha value is -2.41. The maximum atomic E-state index is 14.3. The quantitative estimate of drug-likeness (QED) is 0.790. The molecule has 0 N–H and O–H groups in total. The van der Waals surface area contributed by atoms with Crippen LogP contribution in [0.15, 0.2) is 23.0 Å². The fourth-order valence-electron chi connectivity index (χ4n) is 3.80. The third-order valence-electron chi connectivity index (χ3n) is 5.74. The number of methoxy groups -OCH3 is 1. The number of likely N-dealkylation sites (N-methyl/N-ethyl adjacent to an activating group) is 1. The number of hydrogen-bond donors (Lipinski definition) is 0.